The number of amides is 1. The molecule has 0 bridgehead atoms. The minimum atomic E-state index is -0.0226. The first-order valence-electron chi connectivity index (χ1n) is 10.6. The molecule has 2 aromatic heterocycles. The Morgan fingerprint density at radius 2 is 1.90 bits per heavy atom. The molecule has 0 saturated heterocycles. The number of ether oxygens (including phenoxy) is 1. The van der Waals surface area contributed by atoms with Gasteiger partial charge in [-0.3, -0.25) is 14.8 Å². The number of hydrogen-bond acceptors (Lipinski definition) is 4. The summed E-state index contributed by atoms with van der Waals surface area (Å²) in [6, 6.07) is 13.0. The number of fused-ring (bicyclic) bond motifs is 2. The van der Waals surface area contributed by atoms with E-state index in [1.807, 2.05) is 18.2 Å². The van der Waals surface area contributed by atoms with E-state index in [-0.39, 0.29) is 18.1 Å². The van der Waals surface area contributed by atoms with Gasteiger partial charge in [0.2, 0.25) is 0 Å². The minimum absolute atomic E-state index is 0.0226. The van der Waals surface area contributed by atoms with Crippen LogP contribution in [0, 0.1) is 17.8 Å². The lowest BCUT2D eigenvalue weighted by Crippen LogP contribution is -2.37. The van der Waals surface area contributed by atoms with Crippen LogP contribution in [0.15, 0.2) is 54.9 Å². The van der Waals surface area contributed by atoms with Gasteiger partial charge in [-0.1, -0.05) is 18.5 Å². The normalized spacial score (nSPS) is 25.5. The summed E-state index contributed by atoms with van der Waals surface area (Å²) in [6.07, 6.45) is 6.74. The molecule has 6 heteroatoms. The Balaban J connectivity index is 1.20. The molecule has 3 aromatic rings. The molecule has 2 saturated carbocycles. The van der Waals surface area contributed by atoms with Crippen LogP contribution in [0.3, 0.4) is 0 Å². The van der Waals surface area contributed by atoms with E-state index in [4.69, 9.17) is 16.3 Å². The SMILES string of the molecule is CCC(NC(=O)c1ccc(Cl)cc1)C1[C@H]2CC(Oc3ccnc4cccnc34)C[C@@H]12. The average Bonchev–Trinajstić information content (AvgIpc) is 3.26. The van der Waals surface area contributed by atoms with Crippen molar-refractivity contribution in [1.82, 2.24) is 15.3 Å². The van der Waals surface area contributed by atoms with E-state index in [2.05, 4.69) is 22.2 Å². The summed E-state index contributed by atoms with van der Waals surface area (Å²) in [7, 11) is 0. The van der Waals surface area contributed by atoms with Crippen LogP contribution in [0.25, 0.3) is 11.0 Å². The molecule has 1 aromatic carbocycles. The third-order valence-electron chi connectivity index (χ3n) is 6.55. The zero-order chi connectivity index (χ0) is 20.7. The number of aromatic nitrogens is 2. The van der Waals surface area contributed by atoms with Gasteiger partial charge in [0.25, 0.3) is 5.91 Å². The summed E-state index contributed by atoms with van der Waals surface area (Å²) in [5.41, 5.74) is 2.33. The first kappa shape index (κ1) is 19.3. The largest absolute Gasteiger partial charge is 0.488 e. The van der Waals surface area contributed by atoms with Crippen molar-refractivity contribution in [2.24, 2.45) is 17.8 Å². The van der Waals surface area contributed by atoms with Gasteiger partial charge < -0.3 is 10.1 Å². The number of carbonyl (C=O) groups excluding carboxylic acids is 1. The van der Waals surface area contributed by atoms with E-state index in [0.29, 0.717) is 28.3 Å². The minimum Gasteiger partial charge on any atom is -0.488 e. The fourth-order valence-electron chi connectivity index (χ4n) is 5.09. The third-order valence-corrected chi connectivity index (χ3v) is 6.80. The van der Waals surface area contributed by atoms with Crippen molar-refractivity contribution in [3.63, 3.8) is 0 Å². The maximum absolute atomic E-state index is 12.6. The second kappa shape index (κ2) is 7.88. The summed E-state index contributed by atoms with van der Waals surface area (Å²) in [6.45, 7) is 2.14. The molecule has 2 heterocycles. The molecule has 0 radical (unpaired) electrons. The number of pyridine rings is 2. The molecule has 3 unspecified atom stereocenters. The number of hydrogen-bond donors (Lipinski definition) is 1. The second-order valence-electron chi connectivity index (χ2n) is 8.29. The molecule has 5 atom stereocenters. The molecule has 1 amide bonds. The van der Waals surface area contributed by atoms with Crippen LogP contribution in [0.1, 0.15) is 36.5 Å². The van der Waals surface area contributed by atoms with Gasteiger partial charge >= 0.3 is 0 Å². The highest BCUT2D eigenvalue weighted by Crippen LogP contribution is 2.60. The van der Waals surface area contributed by atoms with Gasteiger partial charge in [-0.15, -0.1) is 0 Å². The Hall–Kier alpha value is -2.66. The summed E-state index contributed by atoms with van der Waals surface area (Å²) in [5, 5.41) is 3.88. The molecule has 154 valence electrons. The highest BCUT2D eigenvalue weighted by atomic mass is 35.5. The summed E-state index contributed by atoms with van der Waals surface area (Å²) >= 11 is 5.93. The van der Waals surface area contributed by atoms with Crippen LogP contribution < -0.4 is 10.1 Å². The highest BCUT2D eigenvalue weighted by molar-refractivity contribution is 6.30. The molecular weight excluding hydrogens is 398 g/mol. The Morgan fingerprint density at radius 1 is 1.13 bits per heavy atom. The smallest absolute Gasteiger partial charge is 0.251 e. The summed E-state index contributed by atoms with van der Waals surface area (Å²) < 4.78 is 6.31. The van der Waals surface area contributed by atoms with Crippen LogP contribution in [-0.4, -0.2) is 28.0 Å². The second-order valence-corrected chi connectivity index (χ2v) is 8.73. The monoisotopic (exact) mass is 421 g/mol. The highest BCUT2D eigenvalue weighted by Gasteiger charge is 2.59. The molecule has 30 heavy (non-hydrogen) atoms. The zero-order valence-corrected chi connectivity index (χ0v) is 17.5. The lowest BCUT2D eigenvalue weighted by molar-refractivity contribution is 0.0924. The van der Waals surface area contributed by atoms with Crippen LogP contribution in [0.4, 0.5) is 0 Å². The topological polar surface area (TPSA) is 64.1 Å². The van der Waals surface area contributed by atoms with Crippen LogP contribution in [0.2, 0.25) is 5.02 Å². The maximum Gasteiger partial charge on any atom is 0.251 e. The third kappa shape index (κ3) is 3.63. The molecule has 5 rings (SSSR count). The lowest BCUT2D eigenvalue weighted by Gasteiger charge is -2.22. The molecular formula is C24H24ClN3O2. The van der Waals surface area contributed by atoms with E-state index in [0.717, 1.165) is 36.0 Å². The van der Waals surface area contributed by atoms with E-state index in [1.165, 1.54) is 0 Å². The van der Waals surface area contributed by atoms with Crippen molar-refractivity contribution < 1.29 is 9.53 Å². The Kier molecular flexibility index (Phi) is 5.07. The lowest BCUT2D eigenvalue weighted by atomic mass is 10.00. The molecule has 2 aliphatic rings. The van der Waals surface area contributed by atoms with Crippen molar-refractivity contribution in [1.29, 1.82) is 0 Å². The van der Waals surface area contributed by atoms with E-state index >= 15 is 0 Å². The van der Waals surface area contributed by atoms with Crippen LogP contribution in [-0.2, 0) is 0 Å². The Labute approximate surface area is 180 Å². The van der Waals surface area contributed by atoms with Crippen LogP contribution in [0.5, 0.6) is 5.75 Å². The molecule has 5 nitrogen and oxygen atoms in total. The first-order chi connectivity index (χ1) is 14.6. The van der Waals surface area contributed by atoms with Crippen molar-refractivity contribution in [3.05, 3.63) is 65.4 Å². The predicted molar refractivity (Wildman–Crippen MR) is 117 cm³/mol. The average molecular weight is 422 g/mol. The Morgan fingerprint density at radius 3 is 2.63 bits per heavy atom. The van der Waals surface area contributed by atoms with Gasteiger partial charge in [0.15, 0.2) is 0 Å². The van der Waals surface area contributed by atoms with E-state index < -0.39 is 0 Å². The van der Waals surface area contributed by atoms with Crippen molar-refractivity contribution >= 4 is 28.5 Å². The molecule has 0 aliphatic heterocycles. The van der Waals surface area contributed by atoms with Crippen molar-refractivity contribution in [2.75, 3.05) is 0 Å². The van der Waals surface area contributed by atoms with Gasteiger partial charge in [0.05, 0.1) is 11.6 Å². The van der Waals surface area contributed by atoms with E-state index in [1.54, 1.807) is 36.7 Å². The fourth-order valence-corrected chi connectivity index (χ4v) is 5.21. The summed E-state index contributed by atoms with van der Waals surface area (Å²) in [4.78, 5) is 21.4. The number of benzene rings is 1. The van der Waals surface area contributed by atoms with Crippen molar-refractivity contribution in [3.8, 4) is 5.75 Å². The van der Waals surface area contributed by atoms with Crippen LogP contribution >= 0.6 is 11.6 Å². The molecule has 2 aliphatic carbocycles. The van der Waals surface area contributed by atoms with Gasteiger partial charge in [-0.05, 0) is 73.4 Å². The Bertz CT molecular complexity index is 1050. The molecule has 2 fully saturated rings. The van der Waals surface area contributed by atoms with E-state index in [9.17, 15) is 4.79 Å². The maximum atomic E-state index is 12.6. The number of halogens is 1. The number of carbonyl (C=O) groups is 1. The molecule has 0 spiro atoms. The zero-order valence-electron chi connectivity index (χ0n) is 16.8. The first-order valence-corrected chi connectivity index (χ1v) is 10.9. The standard InChI is InChI=1S/C24H24ClN3O2/c1-2-19(28-24(29)14-5-7-15(25)8-6-14)22-17-12-16(13-18(17)22)30-21-9-11-26-20-4-3-10-27-23(20)21/h3-11,16-19,22H,2,12-13H2,1H3,(H,28,29)/t16?,17-,18+,19?,22?. The number of nitrogens with one attached hydrogen (secondary N) is 1. The van der Waals surface area contributed by atoms with Gasteiger partial charge in [0.1, 0.15) is 11.3 Å². The van der Waals surface area contributed by atoms with Gasteiger partial charge in [-0.2, -0.15) is 0 Å². The number of nitrogens with zero attached hydrogens (tertiary/aromatic N) is 2. The quantitative estimate of drug-likeness (QED) is 0.615. The predicted octanol–water partition coefficient (Wildman–Crippen LogP) is 4.90. The molecule has 1 N–H and O–H groups in total. The number of rotatable bonds is 6. The fraction of sp³-hybridized carbons (Fsp3) is 0.375. The van der Waals surface area contributed by atoms with Gasteiger partial charge in [0, 0.05) is 35.1 Å². The summed E-state index contributed by atoms with van der Waals surface area (Å²) in [5.74, 6) is 2.56. The van der Waals surface area contributed by atoms with Gasteiger partial charge in [-0.25, -0.2) is 0 Å². The van der Waals surface area contributed by atoms with Crippen molar-refractivity contribution in [2.45, 2.75) is 38.3 Å².